The second kappa shape index (κ2) is 8.89. The maximum atomic E-state index is 13.1. The minimum Gasteiger partial charge on any atom is -0.334 e. The molecule has 0 aliphatic carbocycles. The van der Waals surface area contributed by atoms with Gasteiger partial charge in [0, 0.05) is 25.2 Å². The van der Waals surface area contributed by atoms with Gasteiger partial charge < -0.3 is 4.90 Å². The lowest BCUT2D eigenvalue weighted by Gasteiger charge is -2.34. The first-order valence-corrected chi connectivity index (χ1v) is 9.63. The number of halogens is 2. The average molecular weight is 401 g/mol. The highest BCUT2D eigenvalue weighted by Gasteiger charge is 2.30. The van der Waals surface area contributed by atoms with Crippen molar-refractivity contribution in [3.63, 3.8) is 0 Å². The molecule has 0 bridgehead atoms. The molecule has 4 rings (SSSR count). The molecule has 2 heterocycles. The standard InChI is InChI=1S/C23H25FN2O.ClH/c1-17(19-6-8-21(24)9-7-19)14-25-12-10-18(11-13-25)15-26-16-20-4-2-3-5-22(20)23(26)27;/h2-9,18H,1,10-16H2;1H. The Hall–Kier alpha value is -2.17. The number of likely N-dealkylation sites (tertiary alicyclic amines) is 1. The zero-order chi connectivity index (χ0) is 18.8. The van der Waals surface area contributed by atoms with Crippen molar-refractivity contribution in [3.05, 3.63) is 77.6 Å². The van der Waals surface area contributed by atoms with Crippen molar-refractivity contribution in [1.82, 2.24) is 9.80 Å². The summed E-state index contributed by atoms with van der Waals surface area (Å²) in [5, 5.41) is 0. The van der Waals surface area contributed by atoms with Crippen LogP contribution < -0.4 is 0 Å². The summed E-state index contributed by atoms with van der Waals surface area (Å²) in [4.78, 5) is 16.9. The Kier molecular flexibility index (Phi) is 6.53. The Morgan fingerprint density at radius 1 is 1.07 bits per heavy atom. The van der Waals surface area contributed by atoms with E-state index in [2.05, 4.69) is 17.5 Å². The van der Waals surface area contributed by atoms with Crippen LogP contribution in [-0.2, 0) is 6.54 Å². The largest absolute Gasteiger partial charge is 0.334 e. The maximum absolute atomic E-state index is 13.1. The predicted molar refractivity (Wildman–Crippen MR) is 113 cm³/mol. The summed E-state index contributed by atoms with van der Waals surface area (Å²) in [6, 6.07) is 14.5. The van der Waals surface area contributed by atoms with Crippen LogP contribution in [0.5, 0.6) is 0 Å². The molecule has 148 valence electrons. The predicted octanol–water partition coefficient (Wildman–Crippen LogP) is 4.63. The molecule has 2 aromatic carbocycles. The van der Waals surface area contributed by atoms with Crippen molar-refractivity contribution in [2.75, 3.05) is 26.2 Å². The van der Waals surface area contributed by atoms with E-state index in [1.165, 1.54) is 12.1 Å². The number of amides is 1. The fourth-order valence-corrected chi connectivity index (χ4v) is 4.15. The van der Waals surface area contributed by atoms with Gasteiger partial charge in [-0.3, -0.25) is 9.69 Å². The molecule has 0 N–H and O–H groups in total. The van der Waals surface area contributed by atoms with Crippen LogP contribution in [0.25, 0.3) is 5.57 Å². The van der Waals surface area contributed by atoms with Crippen LogP contribution in [0, 0.1) is 11.7 Å². The van der Waals surface area contributed by atoms with Gasteiger partial charge in [-0.2, -0.15) is 0 Å². The second-order valence-corrected chi connectivity index (χ2v) is 7.67. The minimum absolute atomic E-state index is 0. The highest BCUT2D eigenvalue weighted by molar-refractivity contribution is 5.98. The molecule has 5 heteroatoms. The van der Waals surface area contributed by atoms with E-state index in [0.29, 0.717) is 5.92 Å². The molecule has 2 aliphatic rings. The van der Waals surface area contributed by atoms with E-state index in [4.69, 9.17) is 0 Å². The summed E-state index contributed by atoms with van der Waals surface area (Å²) in [5.74, 6) is 0.516. The highest BCUT2D eigenvalue weighted by atomic mass is 35.5. The topological polar surface area (TPSA) is 23.6 Å². The number of benzene rings is 2. The Bertz CT molecular complexity index is 844. The van der Waals surface area contributed by atoms with Crippen LogP contribution in [-0.4, -0.2) is 41.9 Å². The van der Waals surface area contributed by atoms with E-state index in [0.717, 1.165) is 67.8 Å². The normalized spacial score (nSPS) is 17.3. The SMILES string of the molecule is C=C(CN1CCC(CN2Cc3ccccc3C2=O)CC1)c1ccc(F)cc1.Cl. The molecule has 0 spiro atoms. The van der Waals surface area contributed by atoms with Gasteiger partial charge in [-0.1, -0.05) is 36.9 Å². The molecule has 1 amide bonds. The third-order valence-corrected chi connectivity index (χ3v) is 5.75. The Morgan fingerprint density at radius 2 is 1.75 bits per heavy atom. The molecule has 0 radical (unpaired) electrons. The number of nitrogens with zero attached hydrogens (tertiary/aromatic N) is 2. The van der Waals surface area contributed by atoms with Crippen LogP contribution in [0.2, 0.25) is 0 Å². The van der Waals surface area contributed by atoms with Crippen LogP contribution in [0.4, 0.5) is 4.39 Å². The molecule has 0 aromatic heterocycles. The number of piperidine rings is 1. The van der Waals surface area contributed by atoms with Gasteiger partial charge in [-0.15, -0.1) is 12.4 Å². The average Bonchev–Trinajstić information content (AvgIpc) is 3.00. The molecule has 0 atom stereocenters. The van der Waals surface area contributed by atoms with E-state index in [1.54, 1.807) is 12.1 Å². The van der Waals surface area contributed by atoms with Crippen LogP contribution in [0.3, 0.4) is 0 Å². The molecular weight excluding hydrogens is 375 g/mol. The summed E-state index contributed by atoms with van der Waals surface area (Å²) in [6.07, 6.45) is 2.19. The molecule has 0 unspecified atom stereocenters. The minimum atomic E-state index is -0.217. The smallest absolute Gasteiger partial charge is 0.254 e. The van der Waals surface area contributed by atoms with Crippen LogP contribution in [0.1, 0.15) is 34.3 Å². The highest BCUT2D eigenvalue weighted by Crippen LogP contribution is 2.27. The van der Waals surface area contributed by atoms with Crippen molar-refractivity contribution >= 4 is 23.9 Å². The van der Waals surface area contributed by atoms with E-state index in [1.807, 2.05) is 23.1 Å². The van der Waals surface area contributed by atoms with Gasteiger partial charge in [0.25, 0.3) is 5.91 Å². The molecule has 0 saturated carbocycles. The zero-order valence-corrected chi connectivity index (χ0v) is 16.8. The van der Waals surface area contributed by atoms with Crippen molar-refractivity contribution in [2.24, 2.45) is 5.92 Å². The van der Waals surface area contributed by atoms with Crippen molar-refractivity contribution in [3.8, 4) is 0 Å². The van der Waals surface area contributed by atoms with Gasteiger partial charge >= 0.3 is 0 Å². The molecular formula is C23H26ClFN2O. The summed E-state index contributed by atoms with van der Waals surface area (Å²) < 4.78 is 13.1. The molecule has 28 heavy (non-hydrogen) atoms. The van der Waals surface area contributed by atoms with Crippen LogP contribution in [0.15, 0.2) is 55.1 Å². The summed E-state index contributed by atoms with van der Waals surface area (Å²) in [5.41, 5.74) is 4.04. The van der Waals surface area contributed by atoms with Gasteiger partial charge in [-0.25, -0.2) is 4.39 Å². The lowest BCUT2D eigenvalue weighted by Crippen LogP contribution is -2.39. The third-order valence-electron chi connectivity index (χ3n) is 5.75. The molecule has 1 fully saturated rings. The summed E-state index contributed by atoms with van der Waals surface area (Å²) in [7, 11) is 0. The first-order chi connectivity index (χ1) is 13.1. The second-order valence-electron chi connectivity index (χ2n) is 7.67. The molecule has 2 aliphatic heterocycles. The maximum Gasteiger partial charge on any atom is 0.254 e. The quantitative estimate of drug-likeness (QED) is 0.730. The van der Waals surface area contributed by atoms with Crippen LogP contribution >= 0.6 is 12.4 Å². The Balaban J connectivity index is 0.00000225. The Labute approximate surface area is 172 Å². The van der Waals surface area contributed by atoms with Gasteiger partial charge in [0.1, 0.15) is 5.82 Å². The number of rotatable bonds is 5. The molecule has 1 saturated heterocycles. The summed E-state index contributed by atoms with van der Waals surface area (Å²) >= 11 is 0. The molecule has 3 nitrogen and oxygen atoms in total. The van der Waals surface area contributed by atoms with Gasteiger partial charge in [0.05, 0.1) is 0 Å². The molecule has 2 aromatic rings. The fraction of sp³-hybridized carbons (Fsp3) is 0.348. The van der Waals surface area contributed by atoms with Crippen molar-refractivity contribution < 1.29 is 9.18 Å². The van der Waals surface area contributed by atoms with Gasteiger partial charge in [0.15, 0.2) is 0 Å². The first-order valence-electron chi connectivity index (χ1n) is 9.63. The lowest BCUT2D eigenvalue weighted by molar-refractivity contribution is 0.0719. The van der Waals surface area contributed by atoms with Crippen molar-refractivity contribution in [2.45, 2.75) is 19.4 Å². The number of hydrogen-bond acceptors (Lipinski definition) is 2. The van der Waals surface area contributed by atoms with Gasteiger partial charge in [-0.05, 0) is 66.7 Å². The number of carbonyl (C=O) groups is 1. The van der Waals surface area contributed by atoms with E-state index < -0.39 is 0 Å². The third kappa shape index (κ3) is 4.45. The first kappa shape index (κ1) is 20.6. The Morgan fingerprint density at radius 3 is 2.43 bits per heavy atom. The van der Waals surface area contributed by atoms with E-state index in [-0.39, 0.29) is 24.1 Å². The zero-order valence-electron chi connectivity index (χ0n) is 15.9. The fourth-order valence-electron chi connectivity index (χ4n) is 4.15. The number of fused-ring (bicyclic) bond motifs is 1. The van der Waals surface area contributed by atoms with E-state index >= 15 is 0 Å². The number of hydrogen-bond donors (Lipinski definition) is 0. The lowest BCUT2D eigenvalue weighted by atomic mass is 9.95. The van der Waals surface area contributed by atoms with Gasteiger partial charge in [0.2, 0.25) is 0 Å². The number of carbonyl (C=O) groups excluding carboxylic acids is 1. The summed E-state index contributed by atoms with van der Waals surface area (Å²) in [6.45, 7) is 8.60. The van der Waals surface area contributed by atoms with E-state index in [9.17, 15) is 9.18 Å². The van der Waals surface area contributed by atoms with Crippen molar-refractivity contribution in [1.29, 1.82) is 0 Å². The monoisotopic (exact) mass is 400 g/mol.